The Morgan fingerprint density at radius 2 is 2.22 bits per heavy atom. The minimum atomic E-state index is -0.850. The molecule has 1 unspecified atom stereocenters. The summed E-state index contributed by atoms with van der Waals surface area (Å²) in [5.74, 6) is 1.08. The highest BCUT2D eigenvalue weighted by atomic mass is 79.9. The van der Waals surface area contributed by atoms with Gasteiger partial charge in [0.05, 0.1) is 10.7 Å². The third kappa shape index (κ3) is 2.66. The summed E-state index contributed by atoms with van der Waals surface area (Å²) in [4.78, 5) is 0. The summed E-state index contributed by atoms with van der Waals surface area (Å²) in [6, 6.07) is 8.96. The van der Waals surface area contributed by atoms with E-state index in [4.69, 9.17) is 9.15 Å². The molecule has 0 aliphatic rings. The number of furan rings is 1. The molecule has 18 heavy (non-hydrogen) atoms. The van der Waals surface area contributed by atoms with Crippen molar-refractivity contribution in [3.8, 4) is 5.75 Å². The van der Waals surface area contributed by atoms with Gasteiger partial charge in [0.25, 0.3) is 0 Å². The maximum absolute atomic E-state index is 10.3. The zero-order valence-corrected chi connectivity index (χ0v) is 11.3. The Bertz CT molecular complexity index is 520. The summed E-state index contributed by atoms with van der Waals surface area (Å²) in [7, 11) is 0. The molecule has 0 spiro atoms. The van der Waals surface area contributed by atoms with Crippen molar-refractivity contribution in [3.63, 3.8) is 0 Å². The van der Waals surface area contributed by atoms with Crippen LogP contribution in [0.1, 0.15) is 17.4 Å². The minimum absolute atomic E-state index is 0.375. The van der Waals surface area contributed by atoms with Gasteiger partial charge in [-0.3, -0.25) is 0 Å². The van der Waals surface area contributed by atoms with Gasteiger partial charge in [-0.25, -0.2) is 0 Å². The molecule has 2 aromatic rings. The number of aliphatic hydroxyl groups is 1. The van der Waals surface area contributed by atoms with Crippen molar-refractivity contribution in [2.75, 3.05) is 6.61 Å². The fourth-order valence-electron chi connectivity index (χ4n) is 1.64. The van der Waals surface area contributed by atoms with Crippen LogP contribution >= 0.6 is 15.9 Å². The van der Waals surface area contributed by atoms with Crippen molar-refractivity contribution >= 4 is 15.9 Å². The van der Waals surface area contributed by atoms with Gasteiger partial charge >= 0.3 is 0 Å². The van der Waals surface area contributed by atoms with E-state index in [1.54, 1.807) is 24.3 Å². The predicted octanol–water partition coefficient (Wildman–Crippen LogP) is 3.69. The van der Waals surface area contributed by atoms with E-state index >= 15 is 0 Å². The van der Waals surface area contributed by atoms with E-state index in [0.29, 0.717) is 23.7 Å². The van der Waals surface area contributed by atoms with Crippen LogP contribution in [0.25, 0.3) is 0 Å². The maximum Gasteiger partial charge on any atom is 0.140 e. The fraction of sp³-hybridized carbons (Fsp3) is 0.143. The van der Waals surface area contributed by atoms with Crippen LogP contribution in [-0.4, -0.2) is 11.7 Å². The van der Waals surface area contributed by atoms with E-state index in [1.165, 1.54) is 6.26 Å². The Morgan fingerprint density at radius 1 is 1.39 bits per heavy atom. The number of hydrogen-bond acceptors (Lipinski definition) is 3. The molecular formula is C14H13BrO3. The van der Waals surface area contributed by atoms with E-state index in [1.807, 2.05) is 12.1 Å². The van der Waals surface area contributed by atoms with Gasteiger partial charge in [-0.05, 0) is 34.1 Å². The number of halogens is 1. The number of benzene rings is 1. The van der Waals surface area contributed by atoms with Crippen LogP contribution in [0.4, 0.5) is 0 Å². The second kappa shape index (κ2) is 5.89. The van der Waals surface area contributed by atoms with Gasteiger partial charge in [0, 0.05) is 5.56 Å². The van der Waals surface area contributed by atoms with E-state index in [2.05, 4.69) is 22.5 Å². The first-order chi connectivity index (χ1) is 8.74. The summed E-state index contributed by atoms with van der Waals surface area (Å²) in [6.07, 6.45) is 2.33. The molecule has 0 fully saturated rings. The highest BCUT2D eigenvalue weighted by molar-refractivity contribution is 9.10. The van der Waals surface area contributed by atoms with Crippen LogP contribution in [0.2, 0.25) is 0 Å². The third-order valence-corrected chi connectivity index (χ3v) is 3.07. The van der Waals surface area contributed by atoms with Gasteiger partial charge in [-0.15, -0.1) is 0 Å². The van der Waals surface area contributed by atoms with Gasteiger partial charge in [-0.2, -0.15) is 0 Å². The molecule has 0 radical (unpaired) electrons. The summed E-state index contributed by atoms with van der Waals surface area (Å²) >= 11 is 3.41. The van der Waals surface area contributed by atoms with Crippen molar-refractivity contribution in [1.29, 1.82) is 0 Å². The average molecular weight is 309 g/mol. The Labute approximate surface area is 114 Å². The molecule has 1 heterocycles. The smallest absolute Gasteiger partial charge is 0.140 e. The van der Waals surface area contributed by atoms with Gasteiger partial charge in [0.1, 0.15) is 24.2 Å². The van der Waals surface area contributed by atoms with Gasteiger partial charge in [0.2, 0.25) is 0 Å². The average Bonchev–Trinajstić information content (AvgIpc) is 2.90. The SMILES string of the molecule is C=CCOc1c(Br)cccc1C(O)c1ccco1. The van der Waals surface area contributed by atoms with E-state index < -0.39 is 6.10 Å². The standard InChI is InChI=1S/C14H13BrO3/c1-2-8-18-14-10(5-3-6-11(14)15)13(16)12-7-4-9-17-12/h2-7,9,13,16H,1,8H2. The van der Waals surface area contributed by atoms with Crippen molar-refractivity contribution in [3.05, 3.63) is 65.0 Å². The minimum Gasteiger partial charge on any atom is -0.488 e. The maximum atomic E-state index is 10.3. The molecule has 0 saturated heterocycles. The molecule has 4 heteroatoms. The molecule has 1 aromatic carbocycles. The van der Waals surface area contributed by atoms with Crippen molar-refractivity contribution in [1.82, 2.24) is 0 Å². The fourth-order valence-corrected chi connectivity index (χ4v) is 2.13. The summed E-state index contributed by atoms with van der Waals surface area (Å²) in [5, 5.41) is 10.3. The Morgan fingerprint density at radius 3 is 2.89 bits per heavy atom. The molecule has 1 N–H and O–H groups in total. The van der Waals surface area contributed by atoms with E-state index in [-0.39, 0.29) is 0 Å². The van der Waals surface area contributed by atoms with Crippen LogP contribution in [0, 0.1) is 0 Å². The number of aliphatic hydroxyl groups excluding tert-OH is 1. The molecule has 1 aromatic heterocycles. The lowest BCUT2D eigenvalue weighted by molar-refractivity contribution is 0.183. The molecule has 1 atom stereocenters. The summed E-state index contributed by atoms with van der Waals surface area (Å²) in [5.41, 5.74) is 0.654. The lowest BCUT2D eigenvalue weighted by atomic mass is 10.1. The normalized spacial score (nSPS) is 12.1. The Balaban J connectivity index is 2.37. The quantitative estimate of drug-likeness (QED) is 0.857. The molecular weight excluding hydrogens is 296 g/mol. The third-order valence-electron chi connectivity index (χ3n) is 2.45. The van der Waals surface area contributed by atoms with Gasteiger partial charge in [-0.1, -0.05) is 24.8 Å². The van der Waals surface area contributed by atoms with E-state index in [9.17, 15) is 5.11 Å². The first-order valence-corrected chi connectivity index (χ1v) is 6.27. The summed E-state index contributed by atoms with van der Waals surface area (Å²) < 4.78 is 11.6. The Hall–Kier alpha value is -1.52. The van der Waals surface area contributed by atoms with Crippen molar-refractivity contribution in [2.24, 2.45) is 0 Å². The van der Waals surface area contributed by atoms with Crippen LogP contribution in [0.15, 0.2) is 58.1 Å². The zero-order chi connectivity index (χ0) is 13.0. The van der Waals surface area contributed by atoms with Crippen LogP contribution in [0.5, 0.6) is 5.75 Å². The number of hydrogen-bond donors (Lipinski definition) is 1. The molecule has 0 amide bonds. The highest BCUT2D eigenvalue weighted by Crippen LogP contribution is 2.35. The van der Waals surface area contributed by atoms with E-state index in [0.717, 1.165) is 4.47 Å². The van der Waals surface area contributed by atoms with Crippen molar-refractivity contribution in [2.45, 2.75) is 6.10 Å². The van der Waals surface area contributed by atoms with Crippen LogP contribution in [0.3, 0.4) is 0 Å². The van der Waals surface area contributed by atoms with Gasteiger partial charge < -0.3 is 14.3 Å². The summed E-state index contributed by atoms with van der Waals surface area (Å²) in [6.45, 7) is 3.98. The van der Waals surface area contributed by atoms with Gasteiger partial charge in [0.15, 0.2) is 0 Å². The largest absolute Gasteiger partial charge is 0.488 e. The molecule has 0 aliphatic carbocycles. The lowest BCUT2D eigenvalue weighted by Gasteiger charge is -2.15. The second-order valence-corrected chi connectivity index (χ2v) is 4.53. The molecule has 0 bridgehead atoms. The first-order valence-electron chi connectivity index (χ1n) is 5.47. The molecule has 2 rings (SSSR count). The second-order valence-electron chi connectivity index (χ2n) is 3.68. The molecule has 0 saturated carbocycles. The lowest BCUT2D eigenvalue weighted by Crippen LogP contribution is -2.04. The number of ether oxygens (including phenoxy) is 1. The van der Waals surface area contributed by atoms with Crippen LogP contribution in [-0.2, 0) is 0 Å². The zero-order valence-electron chi connectivity index (χ0n) is 9.67. The molecule has 0 aliphatic heterocycles. The number of para-hydroxylation sites is 1. The van der Waals surface area contributed by atoms with Crippen LogP contribution < -0.4 is 4.74 Å². The number of rotatable bonds is 5. The predicted molar refractivity (Wildman–Crippen MR) is 72.6 cm³/mol. The Kier molecular flexibility index (Phi) is 4.23. The van der Waals surface area contributed by atoms with Crippen molar-refractivity contribution < 1.29 is 14.3 Å². The monoisotopic (exact) mass is 308 g/mol. The molecule has 3 nitrogen and oxygen atoms in total. The first kappa shape index (κ1) is 12.9. The highest BCUT2D eigenvalue weighted by Gasteiger charge is 2.19. The topological polar surface area (TPSA) is 42.6 Å². The molecule has 94 valence electrons.